The maximum absolute atomic E-state index is 12.1. The average Bonchev–Trinajstić information content (AvgIpc) is 2.83. The van der Waals surface area contributed by atoms with Gasteiger partial charge in [0.1, 0.15) is 11.3 Å². The summed E-state index contributed by atoms with van der Waals surface area (Å²) in [6.45, 7) is 4.21. The van der Waals surface area contributed by atoms with Crippen LogP contribution >= 0.6 is 0 Å². The van der Waals surface area contributed by atoms with Gasteiger partial charge in [0.15, 0.2) is 0 Å². The molecule has 0 bridgehead atoms. The summed E-state index contributed by atoms with van der Waals surface area (Å²) in [4.78, 5) is 24.6. The number of carbonyl (C=O) groups excluding carboxylic acids is 1. The molecular weight excluding hydrogens is 224 g/mol. The lowest BCUT2D eigenvalue weighted by atomic mass is 9.99. The first-order valence-electron chi connectivity index (χ1n) is 5.44. The molecule has 0 saturated carbocycles. The molecule has 0 spiro atoms. The number of amides is 1. The molecule has 0 radical (unpaired) electrons. The Morgan fingerprint density at radius 1 is 1.53 bits per heavy atom. The molecule has 92 valence electrons. The molecular formula is C11H14N2O4. The van der Waals surface area contributed by atoms with E-state index in [0.29, 0.717) is 17.9 Å². The predicted octanol–water partition coefficient (Wildman–Crippen LogP) is 0.776. The number of hydrogen-bond donors (Lipinski definition) is 1. The fourth-order valence-electron chi connectivity index (χ4n) is 2.13. The van der Waals surface area contributed by atoms with Crippen LogP contribution in [0.2, 0.25) is 0 Å². The number of carboxylic acid groups (broad SMARTS) is 1. The van der Waals surface area contributed by atoms with E-state index in [9.17, 15) is 9.59 Å². The molecule has 0 unspecified atom stereocenters. The quantitative estimate of drug-likeness (QED) is 0.822. The van der Waals surface area contributed by atoms with Crippen molar-refractivity contribution in [3.05, 3.63) is 17.5 Å². The smallest absolute Gasteiger partial charge is 0.308 e. The Hall–Kier alpha value is -1.85. The van der Waals surface area contributed by atoms with Gasteiger partial charge in [-0.2, -0.15) is 0 Å². The Labute approximate surface area is 98.2 Å². The molecule has 1 saturated heterocycles. The van der Waals surface area contributed by atoms with Gasteiger partial charge in [0, 0.05) is 13.1 Å². The second kappa shape index (κ2) is 4.20. The third-order valence-electron chi connectivity index (χ3n) is 3.20. The SMILES string of the molecule is Cc1oncc1C(=O)N1C[C@@H](C)[C@H](C(=O)O)C1. The molecule has 1 aromatic heterocycles. The highest BCUT2D eigenvalue weighted by Gasteiger charge is 2.37. The van der Waals surface area contributed by atoms with E-state index in [2.05, 4.69) is 5.16 Å². The van der Waals surface area contributed by atoms with E-state index in [0.717, 1.165) is 0 Å². The molecule has 1 aromatic rings. The summed E-state index contributed by atoms with van der Waals surface area (Å²) in [6, 6.07) is 0. The Morgan fingerprint density at radius 3 is 2.71 bits per heavy atom. The molecule has 1 aliphatic rings. The zero-order valence-electron chi connectivity index (χ0n) is 9.71. The highest BCUT2D eigenvalue weighted by atomic mass is 16.5. The van der Waals surface area contributed by atoms with Gasteiger partial charge in [-0.3, -0.25) is 9.59 Å². The van der Waals surface area contributed by atoms with Crippen molar-refractivity contribution in [3.8, 4) is 0 Å². The molecule has 2 heterocycles. The molecule has 17 heavy (non-hydrogen) atoms. The fraction of sp³-hybridized carbons (Fsp3) is 0.545. The number of likely N-dealkylation sites (tertiary alicyclic amines) is 1. The van der Waals surface area contributed by atoms with Crippen molar-refractivity contribution in [2.45, 2.75) is 13.8 Å². The van der Waals surface area contributed by atoms with Crippen LogP contribution in [0.4, 0.5) is 0 Å². The number of aryl methyl sites for hydroxylation is 1. The van der Waals surface area contributed by atoms with Gasteiger partial charge in [-0.05, 0) is 12.8 Å². The first-order chi connectivity index (χ1) is 8.00. The molecule has 1 fully saturated rings. The maximum Gasteiger partial charge on any atom is 0.308 e. The second-order valence-electron chi connectivity index (χ2n) is 4.43. The third kappa shape index (κ3) is 2.02. The van der Waals surface area contributed by atoms with Crippen molar-refractivity contribution in [1.82, 2.24) is 10.1 Å². The molecule has 0 aliphatic carbocycles. The van der Waals surface area contributed by atoms with Crippen molar-refractivity contribution in [2.75, 3.05) is 13.1 Å². The highest BCUT2D eigenvalue weighted by Crippen LogP contribution is 2.25. The molecule has 0 aromatic carbocycles. The van der Waals surface area contributed by atoms with Gasteiger partial charge in [0.05, 0.1) is 12.1 Å². The standard InChI is InChI=1S/C11H14N2O4/c1-6-4-13(5-9(6)11(15)16)10(14)8-3-12-17-7(8)2/h3,6,9H,4-5H2,1-2H3,(H,15,16)/t6-,9-/m1/s1. The lowest BCUT2D eigenvalue weighted by molar-refractivity contribution is -0.142. The van der Waals surface area contributed by atoms with Crippen LogP contribution in [0.15, 0.2) is 10.7 Å². The highest BCUT2D eigenvalue weighted by molar-refractivity contribution is 5.95. The number of carbonyl (C=O) groups is 2. The summed E-state index contributed by atoms with van der Waals surface area (Å²) < 4.78 is 4.83. The van der Waals surface area contributed by atoms with Crippen LogP contribution < -0.4 is 0 Å². The largest absolute Gasteiger partial charge is 0.481 e. The third-order valence-corrected chi connectivity index (χ3v) is 3.20. The summed E-state index contributed by atoms with van der Waals surface area (Å²) in [6.07, 6.45) is 1.37. The van der Waals surface area contributed by atoms with Crippen LogP contribution in [0.5, 0.6) is 0 Å². The molecule has 1 aliphatic heterocycles. The van der Waals surface area contributed by atoms with Gasteiger partial charge >= 0.3 is 5.97 Å². The van der Waals surface area contributed by atoms with E-state index in [1.165, 1.54) is 6.20 Å². The normalized spacial score (nSPS) is 24.0. The van der Waals surface area contributed by atoms with Crippen molar-refractivity contribution in [1.29, 1.82) is 0 Å². The lowest BCUT2D eigenvalue weighted by Crippen LogP contribution is -2.30. The van der Waals surface area contributed by atoms with E-state index in [4.69, 9.17) is 9.63 Å². The van der Waals surface area contributed by atoms with Crippen LogP contribution in [0.25, 0.3) is 0 Å². The number of aromatic nitrogens is 1. The van der Waals surface area contributed by atoms with Crippen LogP contribution in [-0.2, 0) is 4.79 Å². The summed E-state index contributed by atoms with van der Waals surface area (Å²) >= 11 is 0. The predicted molar refractivity (Wildman–Crippen MR) is 57.4 cm³/mol. The first kappa shape index (κ1) is 11.6. The molecule has 2 rings (SSSR count). The molecule has 6 heteroatoms. The van der Waals surface area contributed by atoms with Crippen LogP contribution in [0.3, 0.4) is 0 Å². The van der Waals surface area contributed by atoms with Crippen molar-refractivity contribution >= 4 is 11.9 Å². The lowest BCUT2D eigenvalue weighted by Gasteiger charge is -2.14. The van der Waals surface area contributed by atoms with Crippen LogP contribution in [-0.4, -0.2) is 40.1 Å². The Bertz CT molecular complexity index is 454. The summed E-state index contributed by atoms with van der Waals surface area (Å²) in [5, 5.41) is 12.5. The summed E-state index contributed by atoms with van der Waals surface area (Å²) in [7, 11) is 0. The Balaban J connectivity index is 2.13. The number of carboxylic acids is 1. The average molecular weight is 238 g/mol. The molecule has 2 atom stereocenters. The first-order valence-corrected chi connectivity index (χ1v) is 5.44. The van der Waals surface area contributed by atoms with E-state index in [1.807, 2.05) is 6.92 Å². The van der Waals surface area contributed by atoms with Gasteiger partial charge in [0.25, 0.3) is 5.91 Å². The Kier molecular flexibility index (Phi) is 2.87. The molecule has 1 amide bonds. The monoisotopic (exact) mass is 238 g/mol. The van der Waals surface area contributed by atoms with Crippen LogP contribution in [0.1, 0.15) is 23.0 Å². The minimum Gasteiger partial charge on any atom is -0.481 e. The minimum atomic E-state index is -0.852. The summed E-state index contributed by atoms with van der Waals surface area (Å²) in [5.74, 6) is -1.12. The number of rotatable bonds is 2. The number of hydrogen-bond acceptors (Lipinski definition) is 4. The van der Waals surface area contributed by atoms with Crippen molar-refractivity contribution in [3.63, 3.8) is 0 Å². The van der Waals surface area contributed by atoms with E-state index >= 15 is 0 Å². The van der Waals surface area contributed by atoms with Gasteiger partial charge in [0.2, 0.25) is 0 Å². The fourth-order valence-corrected chi connectivity index (χ4v) is 2.13. The van der Waals surface area contributed by atoms with Crippen molar-refractivity contribution < 1.29 is 19.2 Å². The molecule has 1 N–H and O–H groups in total. The maximum atomic E-state index is 12.1. The zero-order chi connectivity index (χ0) is 12.6. The van der Waals surface area contributed by atoms with E-state index in [1.54, 1.807) is 11.8 Å². The second-order valence-corrected chi connectivity index (χ2v) is 4.43. The minimum absolute atomic E-state index is 0.0309. The van der Waals surface area contributed by atoms with Crippen molar-refractivity contribution in [2.24, 2.45) is 11.8 Å². The van der Waals surface area contributed by atoms with Gasteiger partial charge in [-0.1, -0.05) is 12.1 Å². The topological polar surface area (TPSA) is 83.6 Å². The van der Waals surface area contributed by atoms with E-state index < -0.39 is 11.9 Å². The molecule has 6 nitrogen and oxygen atoms in total. The van der Waals surface area contributed by atoms with Gasteiger partial charge < -0.3 is 14.5 Å². The van der Waals surface area contributed by atoms with Crippen LogP contribution in [0, 0.1) is 18.8 Å². The number of aliphatic carboxylic acids is 1. The van der Waals surface area contributed by atoms with E-state index in [-0.39, 0.29) is 18.4 Å². The van der Waals surface area contributed by atoms with Gasteiger partial charge in [-0.15, -0.1) is 0 Å². The van der Waals surface area contributed by atoms with Gasteiger partial charge in [-0.25, -0.2) is 0 Å². The zero-order valence-corrected chi connectivity index (χ0v) is 9.71. The summed E-state index contributed by atoms with van der Waals surface area (Å²) in [5.41, 5.74) is 0.406. The Morgan fingerprint density at radius 2 is 2.24 bits per heavy atom. The number of nitrogens with zero attached hydrogens (tertiary/aromatic N) is 2.